The Labute approximate surface area is 218 Å². The second kappa shape index (κ2) is 9.75. The van der Waals surface area contributed by atoms with Gasteiger partial charge in [0.25, 0.3) is 5.91 Å². The van der Waals surface area contributed by atoms with Gasteiger partial charge < -0.3 is 10.6 Å². The van der Waals surface area contributed by atoms with Gasteiger partial charge in [0, 0.05) is 42.0 Å². The normalized spacial score (nSPS) is 12.8. The minimum Gasteiger partial charge on any atom is -0.322 e. The Hall–Kier alpha value is -4.70. The fraction of sp³-hybridized carbons (Fsp3) is 0.115. The van der Waals surface area contributed by atoms with Crippen LogP contribution >= 0.6 is 11.6 Å². The highest BCUT2D eigenvalue weighted by atomic mass is 35.5. The summed E-state index contributed by atoms with van der Waals surface area (Å²) in [6.07, 6.45) is 3.38. The molecule has 186 valence electrons. The first-order chi connectivity index (χ1) is 17.8. The zero-order valence-corrected chi connectivity index (χ0v) is 20.9. The van der Waals surface area contributed by atoms with Crippen LogP contribution in [-0.4, -0.2) is 31.7 Å². The summed E-state index contributed by atoms with van der Waals surface area (Å²) in [5.74, 6) is 0.361. The summed E-state index contributed by atoms with van der Waals surface area (Å²) in [6, 6.07) is 16.1. The number of nitrogens with one attached hydrogen (secondary N) is 2. The lowest BCUT2D eigenvalue weighted by Gasteiger charge is -2.36. The summed E-state index contributed by atoms with van der Waals surface area (Å²) < 4.78 is 1.57. The van der Waals surface area contributed by atoms with Crippen molar-refractivity contribution >= 4 is 58.1 Å². The SMILES string of the molecule is C=C(C)C(=O)Nc1cccc(N2C(=O)N(c3ccccc3)Cc3cnc(Nc4cn(C)nc4Cl)nc32)c1. The molecule has 10 nitrogen and oxygen atoms in total. The van der Waals surface area contributed by atoms with Crippen molar-refractivity contribution in [1.29, 1.82) is 0 Å². The number of amides is 3. The molecule has 2 N–H and O–H groups in total. The van der Waals surface area contributed by atoms with Crippen molar-refractivity contribution in [3.8, 4) is 0 Å². The number of anilines is 6. The van der Waals surface area contributed by atoms with Crippen molar-refractivity contribution in [2.45, 2.75) is 13.5 Å². The molecule has 4 aromatic rings. The lowest BCUT2D eigenvalue weighted by molar-refractivity contribution is -0.112. The van der Waals surface area contributed by atoms with Crippen LogP contribution in [0.25, 0.3) is 0 Å². The molecule has 37 heavy (non-hydrogen) atoms. The lowest BCUT2D eigenvalue weighted by atomic mass is 10.1. The molecule has 5 rings (SSSR count). The van der Waals surface area contributed by atoms with Gasteiger partial charge in [-0.05, 0) is 37.3 Å². The average molecular weight is 515 g/mol. The maximum Gasteiger partial charge on any atom is 0.335 e. The summed E-state index contributed by atoms with van der Waals surface area (Å²) >= 11 is 6.19. The monoisotopic (exact) mass is 514 g/mol. The van der Waals surface area contributed by atoms with Crippen molar-refractivity contribution in [1.82, 2.24) is 19.7 Å². The molecule has 11 heteroatoms. The molecule has 2 aromatic heterocycles. The minimum atomic E-state index is -0.310. The Bertz CT molecular complexity index is 1520. The van der Waals surface area contributed by atoms with Crippen LogP contribution in [0.4, 0.5) is 39.3 Å². The lowest BCUT2D eigenvalue weighted by Crippen LogP contribution is -2.45. The van der Waals surface area contributed by atoms with Crippen LogP contribution in [0.2, 0.25) is 5.15 Å². The van der Waals surface area contributed by atoms with E-state index in [0.29, 0.717) is 28.5 Å². The molecule has 3 amide bonds. The van der Waals surface area contributed by atoms with Gasteiger partial charge in [0.2, 0.25) is 5.95 Å². The number of rotatable bonds is 6. The number of urea groups is 1. The van der Waals surface area contributed by atoms with Crippen LogP contribution in [0.15, 0.2) is 79.1 Å². The third-order valence-corrected chi connectivity index (χ3v) is 5.93. The van der Waals surface area contributed by atoms with Gasteiger partial charge in [-0.25, -0.2) is 14.7 Å². The number of aryl methyl sites for hydroxylation is 1. The molecule has 3 heterocycles. The van der Waals surface area contributed by atoms with E-state index in [9.17, 15) is 9.59 Å². The predicted octanol–water partition coefficient (Wildman–Crippen LogP) is 5.40. The molecule has 0 atom stereocenters. The van der Waals surface area contributed by atoms with E-state index in [1.165, 1.54) is 4.90 Å². The van der Waals surface area contributed by atoms with Gasteiger partial charge in [-0.15, -0.1) is 0 Å². The van der Waals surface area contributed by atoms with E-state index >= 15 is 0 Å². The van der Waals surface area contributed by atoms with Crippen LogP contribution in [0.5, 0.6) is 0 Å². The Balaban J connectivity index is 1.58. The molecule has 0 unspecified atom stereocenters. The first-order valence-corrected chi connectivity index (χ1v) is 11.7. The average Bonchev–Trinajstić information content (AvgIpc) is 3.20. The molecular formula is C26H23ClN8O2. The standard InChI is InChI=1S/C26H23ClN8O2/c1-16(2)24(36)29-18-8-7-11-20(12-18)35-23-17(14-34(26(35)37)19-9-5-4-6-10-19)13-28-25(31-23)30-21-15-33(3)32-22(21)27/h4-13,15H,1,14H2,2-3H3,(H,29,36)(H,28,30,31). The fourth-order valence-electron chi connectivity index (χ4n) is 3.88. The van der Waals surface area contributed by atoms with Gasteiger partial charge in [0.15, 0.2) is 11.0 Å². The largest absolute Gasteiger partial charge is 0.335 e. The van der Waals surface area contributed by atoms with Crippen LogP contribution in [0.1, 0.15) is 12.5 Å². The number of hydrogen-bond acceptors (Lipinski definition) is 6. The highest BCUT2D eigenvalue weighted by Gasteiger charge is 2.34. The Morgan fingerprint density at radius 1 is 1.11 bits per heavy atom. The Morgan fingerprint density at radius 2 is 1.86 bits per heavy atom. The van der Waals surface area contributed by atoms with Gasteiger partial charge in [0.05, 0.1) is 17.9 Å². The molecule has 0 saturated heterocycles. The number of para-hydroxylation sites is 1. The summed E-state index contributed by atoms with van der Waals surface area (Å²) in [7, 11) is 1.75. The van der Waals surface area contributed by atoms with Crippen LogP contribution in [0.3, 0.4) is 0 Å². The second-order valence-electron chi connectivity index (χ2n) is 8.50. The number of halogens is 1. The maximum absolute atomic E-state index is 13.9. The van der Waals surface area contributed by atoms with Crippen molar-refractivity contribution < 1.29 is 9.59 Å². The highest BCUT2D eigenvalue weighted by Crippen LogP contribution is 2.37. The molecule has 0 bridgehead atoms. The highest BCUT2D eigenvalue weighted by molar-refractivity contribution is 6.32. The van der Waals surface area contributed by atoms with Crippen LogP contribution < -0.4 is 20.4 Å². The molecular weight excluding hydrogens is 492 g/mol. The Morgan fingerprint density at radius 3 is 2.57 bits per heavy atom. The summed E-state index contributed by atoms with van der Waals surface area (Å²) in [6.45, 7) is 5.59. The summed E-state index contributed by atoms with van der Waals surface area (Å²) in [5, 5.41) is 10.2. The number of hydrogen-bond donors (Lipinski definition) is 2. The van der Waals surface area contributed by atoms with E-state index in [2.05, 4.69) is 32.3 Å². The smallest absolute Gasteiger partial charge is 0.322 e. The number of fused-ring (bicyclic) bond motifs is 1. The molecule has 1 aliphatic heterocycles. The molecule has 0 fully saturated rings. The number of aromatic nitrogens is 4. The van der Waals surface area contributed by atoms with E-state index < -0.39 is 0 Å². The van der Waals surface area contributed by atoms with E-state index in [1.807, 2.05) is 30.3 Å². The van der Waals surface area contributed by atoms with E-state index in [4.69, 9.17) is 11.6 Å². The first-order valence-electron chi connectivity index (χ1n) is 11.4. The van der Waals surface area contributed by atoms with E-state index in [0.717, 1.165) is 11.3 Å². The van der Waals surface area contributed by atoms with Crippen molar-refractivity contribution in [2.75, 3.05) is 20.4 Å². The second-order valence-corrected chi connectivity index (χ2v) is 8.86. The first kappa shape index (κ1) is 24.0. The Kier molecular flexibility index (Phi) is 6.33. The number of carbonyl (C=O) groups excluding carboxylic acids is 2. The van der Waals surface area contributed by atoms with E-state index in [1.54, 1.807) is 60.2 Å². The maximum atomic E-state index is 13.9. The van der Waals surface area contributed by atoms with Gasteiger partial charge in [-0.3, -0.25) is 14.4 Å². The van der Waals surface area contributed by atoms with Gasteiger partial charge in [-0.2, -0.15) is 10.1 Å². The van der Waals surface area contributed by atoms with Crippen LogP contribution in [0, 0.1) is 0 Å². The molecule has 0 saturated carbocycles. The summed E-state index contributed by atoms with van der Waals surface area (Å²) in [5.41, 5.74) is 3.43. The zero-order chi connectivity index (χ0) is 26.1. The summed E-state index contributed by atoms with van der Waals surface area (Å²) in [4.78, 5) is 38.4. The number of carbonyl (C=O) groups is 2. The molecule has 0 radical (unpaired) electrons. The zero-order valence-electron chi connectivity index (χ0n) is 20.1. The topological polar surface area (TPSA) is 108 Å². The van der Waals surface area contributed by atoms with Crippen molar-refractivity contribution in [3.05, 3.63) is 89.9 Å². The number of nitrogens with zero attached hydrogens (tertiary/aromatic N) is 6. The molecule has 0 aliphatic carbocycles. The third kappa shape index (κ3) is 4.87. The van der Waals surface area contributed by atoms with Gasteiger partial charge >= 0.3 is 6.03 Å². The third-order valence-electron chi connectivity index (χ3n) is 5.65. The van der Waals surface area contributed by atoms with Crippen LogP contribution in [-0.2, 0) is 18.4 Å². The molecule has 0 spiro atoms. The fourth-order valence-corrected chi connectivity index (χ4v) is 4.10. The van der Waals surface area contributed by atoms with Crippen molar-refractivity contribution in [2.24, 2.45) is 7.05 Å². The van der Waals surface area contributed by atoms with E-state index in [-0.39, 0.29) is 29.6 Å². The van der Waals surface area contributed by atoms with Gasteiger partial charge in [-0.1, -0.05) is 42.4 Å². The quantitative estimate of drug-likeness (QED) is 0.333. The van der Waals surface area contributed by atoms with Crippen molar-refractivity contribution in [3.63, 3.8) is 0 Å². The minimum absolute atomic E-state index is 0.256. The molecule has 1 aliphatic rings. The molecule has 2 aromatic carbocycles. The predicted molar refractivity (Wildman–Crippen MR) is 144 cm³/mol. The number of benzene rings is 2. The van der Waals surface area contributed by atoms with Gasteiger partial charge in [0.1, 0.15) is 0 Å².